The number of aromatic nitrogens is 1. The van der Waals surface area contributed by atoms with Crippen LogP contribution in [0.3, 0.4) is 0 Å². The third-order valence-electron chi connectivity index (χ3n) is 4.70. The molecule has 0 saturated carbocycles. The Labute approximate surface area is 147 Å². The normalized spacial score (nSPS) is 19.9. The van der Waals surface area contributed by atoms with Gasteiger partial charge in [-0.25, -0.2) is 4.98 Å². The number of benzene rings is 1. The van der Waals surface area contributed by atoms with Gasteiger partial charge in [-0.05, 0) is 39.2 Å². The molecule has 2 aromatic rings. The van der Waals surface area contributed by atoms with Crippen LogP contribution in [0, 0.1) is 12.8 Å². The second-order valence-electron chi connectivity index (χ2n) is 6.81. The van der Waals surface area contributed by atoms with Crippen LogP contribution in [0.5, 0.6) is 0 Å². The number of aryl methyl sites for hydroxylation is 1. The lowest BCUT2D eigenvalue weighted by Crippen LogP contribution is -2.46. The first kappa shape index (κ1) is 17.1. The van der Waals surface area contributed by atoms with Crippen LogP contribution in [0.1, 0.15) is 32.3 Å². The van der Waals surface area contributed by atoms with Gasteiger partial charge in [0.2, 0.25) is 5.91 Å². The summed E-state index contributed by atoms with van der Waals surface area (Å²) in [5.74, 6) is 0.705. The highest BCUT2D eigenvalue weighted by Gasteiger charge is 2.26. The lowest BCUT2D eigenvalue weighted by Gasteiger charge is -2.34. The first-order valence-corrected chi connectivity index (χ1v) is 9.48. The predicted octanol–water partition coefficient (Wildman–Crippen LogP) is 4.18. The van der Waals surface area contributed by atoms with Gasteiger partial charge in [-0.2, -0.15) is 0 Å². The summed E-state index contributed by atoms with van der Waals surface area (Å²) in [6.45, 7) is 8.32. The molecular weight excluding hydrogens is 318 g/mol. The minimum Gasteiger partial charge on any atom is -0.301 e. The Morgan fingerprint density at radius 3 is 2.83 bits per heavy atom. The number of likely N-dealkylation sites (tertiary alicyclic amines) is 1. The van der Waals surface area contributed by atoms with Crippen LogP contribution in [0.25, 0.3) is 11.3 Å². The highest BCUT2D eigenvalue weighted by Crippen LogP contribution is 2.25. The Hall–Kier alpha value is -1.72. The molecule has 1 aromatic heterocycles. The molecular formula is C19H25N3OS. The molecule has 0 radical (unpaired) electrons. The maximum atomic E-state index is 12.5. The van der Waals surface area contributed by atoms with Crippen LogP contribution in [0.2, 0.25) is 0 Å². The van der Waals surface area contributed by atoms with E-state index in [4.69, 9.17) is 0 Å². The van der Waals surface area contributed by atoms with Crippen LogP contribution in [-0.2, 0) is 4.79 Å². The van der Waals surface area contributed by atoms with Crippen molar-refractivity contribution in [2.45, 2.75) is 39.7 Å². The van der Waals surface area contributed by atoms with E-state index in [0.29, 0.717) is 11.0 Å². The third-order valence-corrected chi connectivity index (χ3v) is 5.45. The van der Waals surface area contributed by atoms with Crippen molar-refractivity contribution in [2.75, 3.05) is 18.4 Å². The van der Waals surface area contributed by atoms with E-state index in [1.54, 1.807) is 0 Å². The maximum absolute atomic E-state index is 12.5. The molecule has 1 aliphatic rings. The molecule has 24 heavy (non-hydrogen) atoms. The quantitative estimate of drug-likeness (QED) is 0.906. The maximum Gasteiger partial charge on any atom is 0.243 e. The fourth-order valence-electron chi connectivity index (χ4n) is 3.14. The minimum atomic E-state index is -0.112. The monoisotopic (exact) mass is 343 g/mol. The Kier molecular flexibility index (Phi) is 5.31. The minimum absolute atomic E-state index is 0.0360. The summed E-state index contributed by atoms with van der Waals surface area (Å²) in [5.41, 5.74) is 3.22. The number of thiazole rings is 1. The van der Waals surface area contributed by atoms with Gasteiger partial charge in [0.15, 0.2) is 5.13 Å². The number of carbonyl (C=O) groups excluding carboxylic acids is 1. The molecule has 1 aliphatic heterocycles. The molecule has 1 N–H and O–H groups in total. The highest BCUT2D eigenvalue weighted by atomic mass is 32.1. The zero-order chi connectivity index (χ0) is 17.1. The molecule has 5 heteroatoms. The van der Waals surface area contributed by atoms with Crippen molar-refractivity contribution in [1.82, 2.24) is 9.88 Å². The number of anilines is 1. The van der Waals surface area contributed by atoms with E-state index in [1.165, 1.54) is 29.7 Å². The van der Waals surface area contributed by atoms with Crippen molar-refractivity contribution < 1.29 is 4.79 Å². The summed E-state index contributed by atoms with van der Waals surface area (Å²) < 4.78 is 0. The smallest absolute Gasteiger partial charge is 0.243 e. The number of hydrogen-bond acceptors (Lipinski definition) is 4. The summed E-state index contributed by atoms with van der Waals surface area (Å²) >= 11 is 1.48. The summed E-state index contributed by atoms with van der Waals surface area (Å²) in [6.07, 6.45) is 2.44. The van der Waals surface area contributed by atoms with Gasteiger partial charge in [0.25, 0.3) is 0 Å². The molecule has 128 valence electrons. The summed E-state index contributed by atoms with van der Waals surface area (Å²) in [4.78, 5) is 19.4. The number of rotatable bonds is 4. The lowest BCUT2D eigenvalue weighted by atomic mass is 9.99. The molecule has 0 spiro atoms. The average Bonchev–Trinajstić information content (AvgIpc) is 3.03. The van der Waals surface area contributed by atoms with Gasteiger partial charge in [0, 0.05) is 17.5 Å². The Morgan fingerprint density at radius 2 is 2.12 bits per heavy atom. The van der Waals surface area contributed by atoms with E-state index in [0.717, 1.165) is 24.3 Å². The summed E-state index contributed by atoms with van der Waals surface area (Å²) in [7, 11) is 0. The molecule has 2 atom stereocenters. The van der Waals surface area contributed by atoms with Crippen LogP contribution in [-0.4, -0.2) is 34.9 Å². The molecule has 4 nitrogen and oxygen atoms in total. The van der Waals surface area contributed by atoms with Crippen molar-refractivity contribution in [3.05, 3.63) is 35.2 Å². The van der Waals surface area contributed by atoms with E-state index in [1.807, 2.05) is 12.3 Å². The summed E-state index contributed by atoms with van der Waals surface area (Å²) in [6, 6.07) is 8.17. The van der Waals surface area contributed by atoms with Gasteiger partial charge in [0.1, 0.15) is 0 Å². The SMILES string of the molecule is Cc1ccc(-c2csc(NC(=O)C(C)N3CCCC(C)C3)n2)cc1. The first-order chi connectivity index (χ1) is 11.5. The Morgan fingerprint density at radius 1 is 1.38 bits per heavy atom. The number of nitrogens with zero attached hydrogens (tertiary/aromatic N) is 2. The van der Waals surface area contributed by atoms with Crippen molar-refractivity contribution in [3.63, 3.8) is 0 Å². The number of carbonyl (C=O) groups is 1. The average molecular weight is 343 g/mol. The van der Waals surface area contributed by atoms with Crippen LogP contribution >= 0.6 is 11.3 Å². The van der Waals surface area contributed by atoms with Crippen molar-refractivity contribution in [1.29, 1.82) is 0 Å². The van der Waals surface area contributed by atoms with Crippen LogP contribution < -0.4 is 5.32 Å². The second-order valence-corrected chi connectivity index (χ2v) is 7.67. The van der Waals surface area contributed by atoms with Crippen molar-refractivity contribution in [2.24, 2.45) is 5.92 Å². The van der Waals surface area contributed by atoms with E-state index in [2.05, 4.69) is 53.3 Å². The van der Waals surface area contributed by atoms with E-state index in [9.17, 15) is 4.79 Å². The van der Waals surface area contributed by atoms with Crippen LogP contribution in [0.15, 0.2) is 29.6 Å². The Balaban J connectivity index is 1.63. The molecule has 0 aliphatic carbocycles. The summed E-state index contributed by atoms with van der Waals surface area (Å²) in [5, 5.41) is 5.65. The molecule has 3 rings (SSSR count). The topological polar surface area (TPSA) is 45.2 Å². The second kappa shape index (κ2) is 7.45. The molecule has 1 aromatic carbocycles. The van der Waals surface area contributed by atoms with Gasteiger partial charge >= 0.3 is 0 Å². The lowest BCUT2D eigenvalue weighted by molar-refractivity contribution is -0.121. The molecule has 2 unspecified atom stereocenters. The third kappa shape index (κ3) is 4.02. The van der Waals surface area contributed by atoms with E-state index < -0.39 is 0 Å². The largest absolute Gasteiger partial charge is 0.301 e. The van der Waals surface area contributed by atoms with Gasteiger partial charge in [0.05, 0.1) is 11.7 Å². The first-order valence-electron chi connectivity index (χ1n) is 8.60. The zero-order valence-corrected chi connectivity index (χ0v) is 15.4. The van der Waals surface area contributed by atoms with Gasteiger partial charge < -0.3 is 5.32 Å². The van der Waals surface area contributed by atoms with E-state index in [-0.39, 0.29) is 11.9 Å². The molecule has 1 saturated heterocycles. The molecule has 1 fully saturated rings. The number of nitrogens with one attached hydrogen (secondary N) is 1. The standard InChI is InChI=1S/C19H25N3OS/c1-13-6-8-16(9-7-13)17-12-24-19(20-17)21-18(23)15(3)22-10-4-5-14(2)11-22/h6-9,12,14-15H,4-5,10-11H2,1-3H3,(H,20,21,23). The van der Waals surface area contributed by atoms with E-state index >= 15 is 0 Å². The highest BCUT2D eigenvalue weighted by molar-refractivity contribution is 7.14. The number of piperidine rings is 1. The zero-order valence-electron chi connectivity index (χ0n) is 14.6. The predicted molar refractivity (Wildman–Crippen MR) is 100 cm³/mol. The molecule has 1 amide bonds. The Bertz CT molecular complexity index is 695. The van der Waals surface area contributed by atoms with Gasteiger partial charge in [-0.3, -0.25) is 9.69 Å². The fourth-order valence-corrected chi connectivity index (χ4v) is 3.86. The van der Waals surface area contributed by atoms with Crippen LogP contribution in [0.4, 0.5) is 5.13 Å². The number of amides is 1. The van der Waals surface area contributed by atoms with Crippen molar-refractivity contribution in [3.8, 4) is 11.3 Å². The molecule has 0 bridgehead atoms. The van der Waals surface area contributed by atoms with Gasteiger partial charge in [-0.15, -0.1) is 11.3 Å². The van der Waals surface area contributed by atoms with Crippen molar-refractivity contribution >= 4 is 22.4 Å². The number of hydrogen-bond donors (Lipinski definition) is 1. The van der Waals surface area contributed by atoms with Gasteiger partial charge in [-0.1, -0.05) is 36.8 Å². The molecule has 2 heterocycles. The fraction of sp³-hybridized carbons (Fsp3) is 0.474.